The fourth-order valence-electron chi connectivity index (χ4n) is 4.22. The van der Waals surface area contributed by atoms with Crippen molar-refractivity contribution in [2.45, 2.75) is 51.4 Å². The molecule has 2 aromatic heterocycles. The zero-order chi connectivity index (χ0) is 26.9. The molecule has 5 rings (SSSR count). The van der Waals surface area contributed by atoms with Gasteiger partial charge in [0, 0.05) is 18.4 Å². The molecule has 1 aliphatic carbocycles. The smallest absolute Gasteiger partial charge is 0.425 e. The fraction of sp³-hybridized carbons (Fsp3) is 0.385. The van der Waals surface area contributed by atoms with Gasteiger partial charge in [0.2, 0.25) is 5.89 Å². The predicted octanol–water partition coefficient (Wildman–Crippen LogP) is 4.92. The van der Waals surface area contributed by atoms with Gasteiger partial charge in [0.1, 0.15) is 5.60 Å². The van der Waals surface area contributed by atoms with Crippen molar-refractivity contribution in [2.24, 2.45) is 0 Å². The van der Waals surface area contributed by atoms with Gasteiger partial charge in [0.25, 0.3) is 5.89 Å². The van der Waals surface area contributed by atoms with Crippen LogP contribution in [0.4, 0.5) is 15.4 Å². The third-order valence-corrected chi connectivity index (χ3v) is 5.96. The molecule has 38 heavy (non-hydrogen) atoms. The zero-order valence-corrected chi connectivity index (χ0v) is 21.2. The quantitative estimate of drug-likeness (QED) is 0.498. The van der Waals surface area contributed by atoms with Crippen LogP contribution >= 0.6 is 0 Å². The molecule has 1 spiro atoms. The molecule has 2 amide bonds. The minimum atomic E-state index is -1.60. The van der Waals surface area contributed by atoms with Crippen LogP contribution in [0.3, 0.4) is 0 Å². The SMILES string of the molecule is CC(C)(C)OC(=O)N(C(=O)O)c1ncc(C2=CCC3(CC2)OCCO3)nc1-c1nnc(-c2ccccc2)o1. The second-order valence-corrected chi connectivity index (χ2v) is 9.85. The van der Waals surface area contributed by atoms with E-state index in [0.717, 1.165) is 5.57 Å². The number of allylic oxidation sites excluding steroid dienone is 1. The molecule has 0 radical (unpaired) electrons. The van der Waals surface area contributed by atoms with E-state index in [2.05, 4.69) is 20.2 Å². The zero-order valence-electron chi connectivity index (χ0n) is 21.2. The number of carboxylic acid groups (broad SMARTS) is 1. The topological polar surface area (TPSA) is 150 Å². The lowest BCUT2D eigenvalue weighted by Crippen LogP contribution is -2.41. The van der Waals surface area contributed by atoms with Crippen molar-refractivity contribution in [3.63, 3.8) is 0 Å². The summed E-state index contributed by atoms with van der Waals surface area (Å²) in [5.74, 6) is -0.826. The summed E-state index contributed by atoms with van der Waals surface area (Å²) < 4.78 is 22.8. The number of carbonyl (C=O) groups is 2. The minimum absolute atomic E-state index is 0.0695. The van der Waals surface area contributed by atoms with Crippen LogP contribution in [-0.2, 0) is 14.2 Å². The maximum atomic E-state index is 12.9. The van der Waals surface area contributed by atoms with Gasteiger partial charge in [0.15, 0.2) is 17.3 Å². The van der Waals surface area contributed by atoms with Gasteiger partial charge in [-0.1, -0.05) is 24.3 Å². The summed E-state index contributed by atoms with van der Waals surface area (Å²) in [5, 5.41) is 18.1. The molecule has 0 saturated carbocycles. The van der Waals surface area contributed by atoms with Crippen LogP contribution in [0.5, 0.6) is 0 Å². The van der Waals surface area contributed by atoms with Gasteiger partial charge >= 0.3 is 12.2 Å². The molecule has 1 aliphatic heterocycles. The maximum absolute atomic E-state index is 12.9. The number of benzene rings is 1. The van der Waals surface area contributed by atoms with Gasteiger partial charge in [-0.25, -0.2) is 19.6 Å². The van der Waals surface area contributed by atoms with E-state index in [0.29, 0.717) is 48.6 Å². The number of nitrogens with zero attached hydrogens (tertiary/aromatic N) is 5. The number of aromatic nitrogens is 4. The first kappa shape index (κ1) is 25.5. The van der Waals surface area contributed by atoms with Gasteiger partial charge in [-0.05, 0) is 44.9 Å². The van der Waals surface area contributed by atoms with Crippen molar-refractivity contribution < 1.29 is 33.3 Å². The Morgan fingerprint density at radius 1 is 1.08 bits per heavy atom. The fourth-order valence-corrected chi connectivity index (χ4v) is 4.22. The van der Waals surface area contributed by atoms with E-state index in [1.165, 1.54) is 6.20 Å². The Balaban J connectivity index is 1.57. The highest BCUT2D eigenvalue weighted by atomic mass is 16.7. The van der Waals surface area contributed by atoms with Crippen LogP contribution in [0, 0.1) is 0 Å². The molecule has 3 aromatic rings. The van der Waals surface area contributed by atoms with Crippen molar-refractivity contribution >= 4 is 23.6 Å². The van der Waals surface area contributed by atoms with Crippen molar-refractivity contribution in [3.8, 4) is 23.0 Å². The lowest BCUT2D eigenvalue weighted by molar-refractivity contribution is -0.159. The summed E-state index contributed by atoms with van der Waals surface area (Å²) in [6, 6.07) is 9.07. The number of hydrogen-bond donors (Lipinski definition) is 1. The van der Waals surface area contributed by atoms with E-state index < -0.39 is 23.6 Å². The molecule has 1 fully saturated rings. The predicted molar refractivity (Wildman–Crippen MR) is 134 cm³/mol. The summed E-state index contributed by atoms with van der Waals surface area (Å²) in [6.07, 6.45) is 2.42. The molecule has 0 atom stereocenters. The lowest BCUT2D eigenvalue weighted by atomic mass is 9.92. The number of rotatable bonds is 4. The molecule has 12 heteroatoms. The lowest BCUT2D eigenvalue weighted by Gasteiger charge is -2.30. The molecule has 1 N–H and O–H groups in total. The summed E-state index contributed by atoms with van der Waals surface area (Å²) in [4.78, 5) is 34.5. The number of amides is 2. The van der Waals surface area contributed by atoms with Crippen LogP contribution in [0.25, 0.3) is 28.6 Å². The molecule has 198 valence electrons. The van der Waals surface area contributed by atoms with Gasteiger partial charge in [-0.3, -0.25) is 0 Å². The highest BCUT2D eigenvalue weighted by Crippen LogP contribution is 2.39. The summed E-state index contributed by atoms with van der Waals surface area (Å²) in [7, 11) is 0. The number of hydrogen-bond acceptors (Lipinski definition) is 10. The summed E-state index contributed by atoms with van der Waals surface area (Å²) in [5.41, 5.74) is 0.995. The number of carbonyl (C=O) groups excluding carboxylic acids is 1. The molecule has 12 nitrogen and oxygen atoms in total. The van der Waals surface area contributed by atoms with E-state index >= 15 is 0 Å². The molecule has 0 bridgehead atoms. The van der Waals surface area contributed by atoms with Gasteiger partial charge in [0.05, 0.1) is 25.1 Å². The largest absolute Gasteiger partial charge is 0.464 e. The normalized spacial score (nSPS) is 16.8. The van der Waals surface area contributed by atoms with E-state index in [9.17, 15) is 14.7 Å². The minimum Gasteiger partial charge on any atom is -0.464 e. The Morgan fingerprint density at radius 2 is 1.79 bits per heavy atom. The molecule has 2 aliphatic rings. The van der Waals surface area contributed by atoms with E-state index in [1.807, 2.05) is 24.3 Å². The molecular formula is C26H27N5O7. The van der Waals surface area contributed by atoms with Gasteiger partial charge in [-0.15, -0.1) is 10.2 Å². The Kier molecular flexibility index (Phi) is 6.67. The average Bonchev–Trinajstić information content (AvgIpc) is 3.55. The molecule has 1 aromatic carbocycles. The van der Waals surface area contributed by atoms with Gasteiger partial charge < -0.3 is 23.7 Å². The van der Waals surface area contributed by atoms with Crippen LogP contribution in [0.15, 0.2) is 47.0 Å². The molecule has 0 unspecified atom stereocenters. The highest BCUT2D eigenvalue weighted by Gasteiger charge is 2.39. The Morgan fingerprint density at radius 3 is 2.42 bits per heavy atom. The van der Waals surface area contributed by atoms with Crippen LogP contribution < -0.4 is 4.90 Å². The number of imide groups is 1. The molecular weight excluding hydrogens is 494 g/mol. The maximum Gasteiger partial charge on any atom is 0.425 e. The van der Waals surface area contributed by atoms with Gasteiger partial charge in [-0.2, -0.15) is 4.90 Å². The van der Waals surface area contributed by atoms with Crippen molar-refractivity contribution in [3.05, 3.63) is 48.3 Å². The molecule has 1 saturated heterocycles. The average molecular weight is 522 g/mol. The second-order valence-electron chi connectivity index (χ2n) is 9.85. The first-order valence-corrected chi connectivity index (χ1v) is 12.1. The third-order valence-electron chi connectivity index (χ3n) is 5.96. The summed E-state index contributed by atoms with van der Waals surface area (Å²) in [6.45, 7) is 6.00. The van der Waals surface area contributed by atoms with Crippen molar-refractivity contribution in [2.75, 3.05) is 18.1 Å². The Labute approximate surface area is 218 Å². The third kappa shape index (κ3) is 5.27. The summed E-state index contributed by atoms with van der Waals surface area (Å²) >= 11 is 0. The Bertz CT molecular complexity index is 1370. The number of anilines is 1. The standard InChI is InChI=1S/C26H27N5O7/c1-25(2,3)38-24(34)31(23(32)33)20-19(22-30-29-21(37-22)17-7-5-4-6-8-17)28-18(15-27-20)16-9-11-26(12-10-16)35-13-14-36-26/h4-9,15H,10-14H2,1-3H3,(H,32,33). The van der Waals surface area contributed by atoms with Crippen molar-refractivity contribution in [1.29, 1.82) is 0 Å². The van der Waals surface area contributed by atoms with E-state index in [1.54, 1.807) is 32.9 Å². The first-order chi connectivity index (χ1) is 18.1. The Hall–Kier alpha value is -4.16. The van der Waals surface area contributed by atoms with E-state index in [4.69, 9.17) is 18.6 Å². The van der Waals surface area contributed by atoms with E-state index in [-0.39, 0.29) is 23.3 Å². The number of ether oxygens (including phenoxy) is 3. The molecule has 3 heterocycles. The highest BCUT2D eigenvalue weighted by molar-refractivity contribution is 6.09. The van der Waals surface area contributed by atoms with Crippen molar-refractivity contribution in [1.82, 2.24) is 20.2 Å². The van der Waals surface area contributed by atoms with Crippen LogP contribution in [-0.4, -0.2) is 62.1 Å². The second kappa shape index (κ2) is 9.95. The first-order valence-electron chi connectivity index (χ1n) is 12.1. The van der Waals surface area contributed by atoms with Crippen LogP contribution in [0.2, 0.25) is 0 Å². The van der Waals surface area contributed by atoms with Crippen LogP contribution in [0.1, 0.15) is 45.7 Å². The monoisotopic (exact) mass is 521 g/mol.